The van der Waals surface area contributed by atoms with Gasteiger partial charge in [0.2, 0.25) is 17.7 Å². The first kappa shape index (κ1) is 21.3. The summed E-state index contributed by atoms with van der Waals surface area (Å²) in [6, 6.07) is 5.51. The van der Waals surface area contributed by atoms with E-state index >= 15 is 0 Å². The third-order valence-electron chi connectivity index (χ3n) is 5.07. The van der Waals surface area contributed by atoms with Gasteiger partial charge in [0.1, 0.15) is 0 Å². The Hall–Kier alpha value is -2.42. The number of hydrogen-bond donors (Lipinski definition) is 0. The number of amides is 1. The SMILES string of the molecule is CC(C)N1CCN(C(=O)CCc2nnc(Cc3cccc(C(F)(F)F)c3)o2)CC1. The van der Waals surface area contributed by atoms with E-state index < -0.39 is 11.7 Å². The van der Waals surface area contributed by atoms with Crippen LogP contribution >= 0.6 is 0 Å². The zero-order valence-corrected chi connectivity index (χ0v) is 16.6. The highest BCUT2D eigenvalue weighted by Crippen LogP contribution is 2.29. The van der Waals surface area contributed by atoms with Gasteiger partial charge in [-0.3, -0.25) is 9.69 Å². The minimum atomic E-state index is -4.39. The highest BCUT2D eigenvalue weighted by Gasteiger charge is 2.30. The summed E-state index contributed by atoms with van der Waals surface area (Å²) >= 11 is 0. The van der Waals surface area contributed by atoms with Crippen LogP contribution in [0.25, 0.3) is 0 Å². The molecule has 0 saturated carbocycles. The minimum Gasteiger partial charge on any atom is -0.425 e. The van der Waals surface area contributed by atoms with E-state index in [1.54, 1.807) is 6.07 Å². The van der Waals surface area contributed by atoms with Crippen molar-refractivity contribution in [3.8, 4) is 0 Å². The van der Waals surface area contributed by atoms with Crippen molar-refractivity contribution in [2.45, 2.75) is 45.3 Å². The predicted molar refractivity (Wildman–Crippen MR) is 100 cm³/mol. The number of carbonyl (C=O) groups is 1. The Morgan fingerprint density at radius 1 is 1.14 bits per heavy atom. The number of aromatic nitrogens is 2. The molecule has 9 heteroatoms. The highest BCUT2D eigenvalue weighted by atomic mass is 19.4. The summed E-state index contributed by atoms with van der Waals surface area (Å²) < 4.78 is 44.0. The molecule has 0 atom stereocenters. The standard InChI is InChI=1S/C20H25F3N4O2/c1-14(2)26-8-10-27(11-9-26)19(28)7-6-17-24-25-18(29-17)13-15-4-3-5-16(12-15)20(21,22)23/h3-5,12,14H,6-11,13H2,1-2H3. The van der Waals surface area contributed by atoms with Crippen LogP contribution in [0.15, 0.2) is 28.7 Å². The third-order valence-corrected chi connectivity index (χ3v) is 5.07. The molecule has 1 amide bonds. The molecule has 6 nitrogen and oxygen atoms in total. The number of carbonyl (C=O) groups excluding carboxylic acids is 1. The molecule has 2 heterocycles. The lowest BCUT2D eigenvalue weighted by molar-refractivity contribution is -0.137. The van der Waals surface area contributed by atoms with E-state index in [9.17, 15) is 18.0 Å². The zero-order chi connectivity index (χ0) is 21.0. The summed E-state index contributed by atoms with van der Waals surface area (Å²) in [5, 5.41) is 7.81. The molecule has 0 N–H and O–H groups in total. The van der Waals surface area contributed by atoms with Crippen molar-refractivity contribution >= 4 is 5.91 Å². The Morgan fingerprint density at radius 2 is 1.83 bits per heavy atom. The summed E-state index contributed by atoms with van der Waals surface area (Å²) in [6.45, 7) is 7.44. The van der Waals surface area contributed by atoms with Gasteiger partial charge in [0.25, 0.3) is 0 Å². The maximum absolute atomic E-state index is 12.8. The number of nitrogens with zero attached hydrogens (tertiary/aromatic N) is 4. The smallest absolute Gasteiger partial charge is 0.416 e. The molecule has 1 fully saturated rings. The van der Waals surface area contributed by atoms with Crippen molar-refractivity contribution < 1.29 is 22.4 Å². The maximum atomic E-state index is 12.8. The van der Waals surface area contributed by atoms with Gasteiger partial charge in [0, 0.05) is 45.1 Å². The number of benzene rings is 1. The van der Waals surface area contributed by atoms with Gasteiger partial charge >= 0.3 is 6.18 Å². The van der Waals surface area contributed by atoms with Gasteiger partial charge in [-0.15, -0.1) is 10.2 Å². The summed E-state index contributed by atoms with van der Waals surface area (Å²) in [6.07, 6.45) is -3.69. The fourth-order valence-electron chi connectivity index (χ4n) is 3.35. The minimum absolute atomic E-state index is 0.0473. The summed E-state index contributed by atoms with van der Waals surface area (Å²) in [4.78, 5) is 16.6. The van der Waals surface area contributed by atoms with Gasteiger partial charge in [-0.2, -0.15) is 13.2 Å². The lowest BCUT2D eigenvalue weighted by Gasteiger charge is -2.36. The van der Waals surface area contributed by atoms with Crippen LogP contribution in [-0.2, 0) is 23.8 Å². The highest BCUT2D eigenvalue weighted by molar-refractivity contribution is 5.76. The molecule has 3 rings (SSSR count). The van der Waals surface area contributed by atoms with E-state index in [1.807, 2.05) is 4.90 Å². The average molecular weight is 410 g/mol. The largest absolute Gasteiger partial charge is 0.425 e. The number of rotatable bonds is 6. The molecule has 158 valence electrons. The third kappa shape index (κ3) is 5.79. The van der Waals surface area contributed by atoms with Crippen molar-refractivity contribution in [1.29, 1.82) is 0 Å². The van der Waals surface area contributed by atoms with Crippen LogP contribution in [0.3, 0.4) is 0 Å². The molecule has 1 aliphatic rings. The summed E-state index contributed by atoms with van der Waals surface area (Å²) in [5.74, 6) is 0.601. The van der Waals surface area contributed by atoms with E-state index in [2.05, 4.69) is 28.9 Å². The van der Waals surface area contributed by atoms with Gasteiger partial charge in [0.15, 0.2) is 0 Å². The number of hydrogen-bond acceptors (Lipinski definition) is 5. The molecule has 0 aliphatic carbocycles. The monoisotopic (exact) mass is 410 g/mol. The van der Waals surface area contributed by atoms with Crippen LogP contribution in [0, 0.1) is 0 Å². The first-order valence-corrected chi connectivity index (χ1v) is 9.71. The second-order valence-corrected chi connectivity index (χ2v) is 7.47. The average Bonchev–Trinajstić information content (AvgIpc) is 3.13. The first-order valence-electron chi connectivity index (χ1n) is 9.71. The number of piperazine rings is 1. The van der Waals surface area contributed by atoms with Crippen LogP contribution < -0.4 is 0 Å². The van der Waals surface area contributed by atoms with E-state index in [0.717, 1.165) is 25.2 Å². The Bertz CT molecular complexity index is 827. The summed E-state index contributed by atoms with van der Waals surface area (Å²) in [5.41, 5.74) is -0.271. The van der Waals surface area contributed by atoms with Crippen molar-refractivity contribution in [2.75, 3.05) is 26.2 Å². The van der Waals surface area contributed by atoms with Gasteiger partial charge in [-0.05, 0) is 25.5 Å². The number of aryl methyl sites for hydroxylation is 1. The van der Waals surface area contributed by atoms with Crippen molar-refractivity contribution in [3.63, 3.8) is 0 Å². The first-order chi connectivity index (χ1) is 13.7. The van der Waals surface area contributed by atoms with Crippen LogP contribution in [0.4, 0.5) is 13.2 Å². The second-order valence-electron chi connectivity index (χ2n) is 7.47. The molecular formula is C20H25F3N4O2. The van der Waals surface area contributed by atoms with Crippen LogP contribution in [-0.4, -0.2) is 58.1 Å². The topological polar surface area (TPSA) is 62.5 Å². The lowest BCUT2D eigenvalue weighted by Crippen LogP contribution is -2.50. The van der Waals surface area contributed by atoms with Crippen LogP contribution in [0.1, 0.15) is 43.2 Å². The Balaban J connectivity index is 1.50. The molecule has 0 radical (unpaired) electrons. The Morgan fingerprint density at radius 3 is 2.48 bits per heavy atom. The van der Waals surface area contributed by atoms with Crippen molar-refractivity contribution in [2.24, 2.45) is 0 Å². The molecule has 1 aromatic heterocycles. The van der Waals surface area contributed by atoms with E-state index in [1.165, 1.54) is 6.07 Å². The molecule has 0 bridgehead atoms. The second kappa shape index (κ2) is 8.94. The molecule has 0 spiro atoms. The molecular weight excluding hydrogens is 385 g/mol. The van der Waals surface area contributed by atoms with E-state index in [0.29, 0.717) is 37.0 Å². The molecule has 0 unspecified atom stereocenters. The van der Waals surface area contributed by atoms with E-state index in [4.69, 9.17) is 4.42 Å². The van der Waals surface area contributed by atoms with Gasteiger partial charge in [-0.1, -0.05) is 18.2 Å². The van der Waals surface area contributed by atoms with Gasteiger partial charge < -0.3 is 9.32 Å². The number of alkyl halides is 3. The van der Waals surface area contributed by atoms with Crippen molar-refractivity contribution in [3.05, 3.63) is 47.2 Å². The maximum Gasteiger partial charge on any atom is 0.416 e. The fraction of sp³-hybridized carbons (Fsp3) is 0.550. The molecule has 1 saturated heterocycles. The predicted octanol–water partition coefficient (Wildman–Crippen LogP) is 3.16. The normalized spacial score (nSPS) is 15.9. The molecule has 1 aromatic carbocycles. The van der Waals surface area contributed by atoms with Crippen molar-refractivity contribution in [1.82, 2.24) is 20.0 Å². The Kier molecular flexibility index (Phi) is 6.56. The van der Waals surface area contributed by atoms with E-state index in [-0.39, 0.29) is 24.6 Å². The fourth-order valence-corrected chi connectivity index (χ4v) is 3.35. The van der Waals surface area contributed by atoms with Gasteiger partial charge in [0.05, 0.1) is 12.0 Å². The number of halogens is 3. The lowest BCUT2D eigenvalue weighted by atomic mass is 10.1. The molecule has 29 heavy (non-hydrogen) atoms. The van der Waals surface area contributed by atoms with Gasteiger partial charge in [-0.25, -0.2) is 0 Å². The molecule has 1 aliphatic heterocycles. The Labute approximate surface area is 167 Å². The summed E-state index contributed by atoms with van der Waals surface area (Å²) in [7, 11) is 0. The zero-order valence-electron chi connectivity index (χ0n) is 16.6. The quantitative estimate of drug-likeness (QED) is 0.732. The molecule has 2 aromatic rings. The van der Waals surface area contributed by atoms with Crippen LogP contribution in [0.5, 0.6) is 0 Å². The van der Waals surface area contributed by atoms with Crippen LogP contribution in [0.2, 0.25) is 0 Å².